The molecule has 2 N–H and O–H groups in total. The molecule has 0 spiro atoms. The first-order valence-corrected chi connectivity index (χ1v) is 11.9. The quantitative estimate of drug-likeness (QED) is 0.387. The van der Waals surface area contributed by atoms with Gasteiger partial charge in [-0.1, -0.05) is 36.4 Å². The van der Waals surface area contributed by atoms with Crippen LogP contribution < -0.4 is 10.0 Å². The third-order valence-corrected chi connectivity index (χ3v) is 6.57. The standard InChI is InChI=1S/C24H20F3N3O4S/c1-15(30-35(32,33)22-12-18-6-2-3-8-21(18)34-22)23(31)29-13-16-5-4-7-17(11-16)20-10-9-19(14-28-20)24(25,26)27/h2-12,14-15,30H,13H2,1H3,(H,29,31)/t15-/m0/s1. The number of pyridine rings is 1. The number of rotatable bonds is 7. The zero-order valence-corrected chi connectivity index (χ0v) is 19.2. The first kappa shape index (κ1) is 24.4. The monoisotopic (exact) mass is 503 g/mol. The third kappa shape index (κ3) is 5.69. The number of alkyl halides is 3. The second-order valence-electron chi connectivity index (χ2n) is 7.79. The molecule has 0 saturated carbocycles. The van der Waals surface area contributed by atoms with Gasteiger partial charge in [0.05, 0.1) is 17.3 Å². The van der Waals surface area contributed by atoms with Gasteiger partial charge in [-0.15, -0.1) is 0 Å². The summed E-state index contributed by atoms with van der Waals surface area (Å²) >= 11 is 0. The molecule has 2 aromatic heterocycles. The first-order valence-electron chi connectivity index (χ1n) is 10.4. The molecule has 0 aliphatic carbocycles. The highest BCUT2D eigenvalue weighted by atomic mass is 32.2. The number of carbonyl (C=O) groups is 1. The number of nitrogens with zero attached hydrogens (tertiary/aromatic N) is 1. The van der Waals surface area contributed by atoms with Crippen LogP contribution in [0.1, 0.15) is 18.1 Å². The van der Waals surface area contributed by atoms with Crippen LogP contribution >= 0.6 is 0 Å². The van der Waals surface area contributed by atoms with E-state index in [2.05, 4.69) is 15.0 Å². The minimum absolute atomic E-state index is 0.0734. The lowest BCUT2D eigenvalue weighted by atomic mass is 10.1. The fourth-order valence-corrected chi connectivity index (χ4v) is 4.52. The highest BCUT2D eigenvalue weighted by Crippen LogP contribution is 2.30. The molecule has 2 aromatic carbocycles. The van der Waals surface area contributed by atoms with Crippen molar-refractivity contribution >= 4 is 26.9 Å². The number of hydrogen-bond acceptors (Lipinski definition) is 5. The van der Waals surface area contributed by atoms with Crippen LogP contribution in [0.15, 0.2) is 82.4 Å². The number of halogens is 3. The molecule has 7 nitrogen and oxygen atoms in total. The average Bonchev–Trinajstić information content (AvgIpc) is 3.27. The van der Waals surface area contributed by atoms with Crippen LogP contribution in [0.5, 0.6) is 0 Å². The molecule has 4 rings (SSSR count). The zero-order chi connectivity index (χ0) is 25.2. The van der Waals surface area contributed by atoms with Gasteiger partial charge in [-0.05, 0) is 36.8 Å². The SMILES string of the molecule is C[C@H](NS(=O)(=O)c1cc2ccccc2o1)C(=O)NCc1cccc(-c2ccc(C(F)(F)F)cn2)c1. The van der Waals surface area contributed by atoms with E-state index in [9.17, 15) is 26.4 Å². The van der Waals surface area contributed by atoms with Crippen molar-refractivity contribution in [3.63, 3.8) is 0 Å². The number of aromatic nitrogens is 1. The van der Waals surface area contributed by atoms with Crippen molar-refractivity contribution in [2.45, 2.75) is 30.8 Å². The normalized spacial score (nSPS) is 13.0. The number of para-hydroxylation sites is 1. The number of furan rings is 1. The number of amides is 1. The minimum atomic E-state index is -4.47. The minimum Gasteiger partial charge on any atom is -0.443 e. The Labute approximate surface area is 199 Å². The van der Waals surface area contributed by atoms with Gasteiger partial charge in [-0.2, -0.15) is 17.9 Å². The van der Waals surface area contributed by atoms with Crippen molar-refractivity contribution in [2.75, 3.05) is 0 Å². The zero-order valence-electron chi connectivity index (χ0n) is 18.3. The summed E-state index contributed by atoms with van der Waals surface area (Å²) in [7, 11) is -4.07. The van der Waals surface area contributed by atoms with Crippen molar-refractivity contribution in [1.29, 1.82) is 0 Å². The molecule has 1 atom stereocenters. The largest absolute Gasteiger partial charge is 0.443 e. The van der Waals surface area contributed by atoms with E-state index in [1.54, 1.807) is 48.5 Å². The van der Waals surface area contributed by atoms with Crippen LogP contribution in [0.2, 0.25) is 0 Å². The van der Waals surface area contributed by atoms with E-state index in [0.29, 0.717) is 27.8 Å². The molecule has 35 heavy (non-hydrogen) atoms. The molecule has 2 heterocycles. The smallest absolute Gasteiger partial charge is 0.417 e. The maximum absolute atomic E-state index is 12.7. The van der Waals surface area contributed by atoms with E-state index in [1.165, 1.54) is 19.1 Å². The molecule has 0 radical (unpaired) electrons. The summed E-state index contributed by atoms with van der Waals surface area (Å²) < 4.78 is 71.1. The van der Waals surface area contributed by atoms with Crippen molar-refractivity contribution < 1.29 is 30.8 Å². The lowest BCUT2D eigenvalue weighted by molar-refractivity contribution is -0.137. The first-order chi connectivity index (χ1) is 16.5. The average molecular weight is 504 g/mol. The summed E-state index contributed by atoms with van der Waals surface area (Å²) in [6, 6.07) is 16.1. The Kier molecular flexibility index (Phi) is 6.64. The van der Waals surface area contributed by atoms with Crippen LogP contribution in [0.4, 0.5) is 13.2 Å². The molecule has 4 aromatic rings. The van der Waals surface area contributed by atoms with Gasteiger partial charge >= 0.3 is 6.18 Å². The Balaban J connectivity index is 1.39. The topological polar surface area (TPSA) is 101 Å². The van der Waals surface area contributed by atoms with E-state index in [0.717, 1.165) is 12.3 Å². The summed E-state index contributed by atoms with van der Waals surface area (Å²) in [6.07, 6.45) is -3.71. The van der Waals surface area contributed by atoms with Gasteiger partial charge < -0.3 is 9.73 Å². The van der Waals surface area contributed by atoms with Crippen LogP contribution in [0, 0.1) is 0 Å². The summed E-state index contributed by atoms with van der Waals surface area (Å²) in [5.74, 6) is -0.567. The molecule has 0 fully saturated rings. The highest BCUT2D eigenvalue weighted by molar-refractivity contribution is 7.89. The molecule has 1 amide bonds. The Morgan fingerprint density at radius 2 is 1.83 bits per heavy atom. The number of hydrogen-bond donors (Lipinski definition) is 2. The molecule has 0 aliphatic rings. The van der Waals surface area contributed by atoms with Gasteiger partial charge in [0, 0.05) is 29.8 Å². The molecule has 0 aliphatic heterocycles. The highest BCUT2D eigenvalue weighted by Gasteiger charge is 2.30. The molecular weight excluding hydrogens is 483 g/mol. The number of fused-ring (bicyclic) bond motifs is 1. The van der Waals surface area contributed by atoms with Gasteiger partial charge in [-0.3, -0.25) is 9.78 Å². The second-order valence-corrected chi connectivity index (χ2v) is 9.44. The lowest BCUT2D eigenvalue weighted by Gasteiger charge is -2.14. The molecule has 11 heteroatoms. The fraction of sp³-hybridized carbons (Fsp3) is 0.167. The number of nitrogens with one attached hydrogen (secondary N) is 2. The Bertz CT molecular complexity index is 1430. The Morgan fingerprint density at radius 1 is 1.06 bits per heavy atom. The second kappa shape index (κ2) is 9.51. The molecular formula is C24H20F3N3O4S. The van der Waals surface area contributed by atoms with Crippen molar-refractivity contribution in [2.24, 2.45) is 0 Å². The van der Waals surface area contributed by atoms with Gasteiger partial charge in [0.2, 0.25) is 11.0 Å². The Morgan fingerprint density at radius 3 is 2.51 bits per heavy atom. The fourth-order valence-electron chi connectivity index (χ4n) is 3.35. The summed E-state index contributed by atoms with van der Waals surface area (Å²) in [5.41, 5.74) is 1.14. The lowest BCUT2D eigenvalue weighted by Crippen LogP contribution is -2.44. The predicted molar refractivity (Wildman–Crippen MR) is 123 cm³/mol. The molecule has 0 bridgehead atoms. The molecule has 0 saturated heterocycles. The van der Waals surface area contributed by atoms with Crippen molar-refractivity contribution in [1.82, 2.24) is 15.0 Å². The van der Waals surface area contributed by atoms with Crippen molar-refractivity contribution in [3.05, 3.63) is 84.1 Å². The number of sulfonamides is 1. The van der Waals surface area contributed by atoms with Crippen molar-refractivity contribution in [3.8, 4) is 11.3 Å². The molecule has 182 valence electrons. The summed E-state index contributed by atoms with van der Waals surface area (Å²) in [4.78, 5) is 16.4. The third-order valence-electron chi connectivity index (χ3n) is 5.17. The summed E-state index contributed by atoms with van der Waals surface area (Å²) in [5, 5.41) is 2.96. The summed E-state index contributed by atoms with van der Waals surface area (Å²) in [6.45, 7) is 1.47. The van der Waals surface area contributed by atoms with Gasteiger partial charge in [-0.25, -0.2) is 8.42 Å². The van der Waals surface area contributed by atoms with Crippen LogP contribution in [-0.4, -0.2) is 25.4 Å². The van der Waals surface area contributed by atoms with E-state index >= 15 is 0 Å². The predicted octanol–water partition coefficient (Wildman–Crippen LogP) is 4.50. The van der Waals surface area contributed by atoms with Gasteiger partial charge in [0.25, 0.3) is 10.0 Å². The van der Waals surface area contributed by atoms with E-state index < -0.39 is 33.7 Å². The maximum atomic E-state index is 12.7. The Hall–Kier alpha value is -3.70. The maximum Gasteiger partial charge on any atom is 0.417 e. The van der Waals surface area contributed by atoms with E-state index in [1.807, 2.05) is 0 Å². The van der Waals surface area contributed by atoms with Crippen LogP contribution in [0.25, 0.3) is 22.2 Å². The van der Waals surface area contributed by atoms with E-state index in [-0.39, 0.29) is 11.6 Å². The van der Waals surface area contributed by atoms with Crippen LogP contribution in [-0.2, 0) is 27.5 Å². The van der Waals surface area contributed by atoms with Gasteiger partial charge in [0.1, 0.15) is 5.58 Å². The van der Waals surface area contributed by atoms with E-state index in [4.69, 9.17) is 4.42 Å². The van der Waals surface area contributed by atoms with Gasteiger partial charge in [0.15, 0.2) is 0 Å². The number of carbonyl (C=O) groups excluding carboxylic acids is 1. The van der Waals surface area contributed by atoms with Crippen LogP contribution in [0.3, 0.4) is 0 Å². The molecule has 0 unspecified atom stereocenters. The number of benzene rings is 2.